The van der Waals surface area contributed by atoms with Crippen LogP contribution in [-0.4, -0.2) is 20.6 Å². The number of carbonyl (C=O) groups excluding carboxylic acids is 1. The number of benzene rings is 1. The van der Waals surface area contributed by atoms with E-state index in [1.54, 1.807) is 0 Å². The third-order valence-corrected chi connectivity index (χ3v) is 7.41. The highest BCUT2D eigenvalue weighted by Crippen LogP contribution is 2.45. The van der Waals surface area contributed by atoms with Crippen molar-refractivity contribution in [2.24, 2.45) is 0 Å². The summed E-state index contributed by atoms with van der Waals surface area (Å²) in [5.74, 6) is -0.0847. The molecular formula is C27H31N5OS. The fourth-order valence-corrected chi connectivity index (χ4v) is 6.03. The molecule has 0 radical (unpaired) electrons. The average Bonchev–Trinajstić information content (AvgIpc) is 3.52. The molecule has 0 spiro atoms. The molecule has 5 rings (SSSR count). The molecule has 1 amide bonds. The Balaban J connectivity index is 1.59. The summed E-state index contributed by atoms with van der Waals surface area (Å²) in [6.45, 7) is 5.98. The first-order chi connectivity index (χ1) is 16.4. The van der Waals surface area contributed by atoms with E-state index in [-0.39, 0.29) is 18.0 Å². The fraction of sp³-hybridized carbons (Fsp3) is 0.370. The van der Waals surface area contributed by atoms with Gasteiger partial charge in [0.05, 0.1) is 17.8 Å². The minimum absolute atomic E-state index is 0.0321. The molecule has 0 bridgehead atoms. The molecule has 3 aromatic rings. The van der Waals surface area contributed by atoms with Crippen molar-refractivity contribution in [2.75, 3.05) is 10.2 Å². The number of nitrogens with zero attached hydrogens (tertiary/aromatic N) is 3. The summed E-state index contributed by atoms with van der Waals surface area (Å²) in [7, 11) is 0. The lowest BCUT2D eigenvalue weighted by Crippen LogP contribution is -2.29. The number of amides is 1. The maximum absolute atomic E-state index is 11.5. The first kappa shape index (κ1) is 22.6. The molecule has 2 aromatic heterocycles. The number of pyridine rings is 1. The molecule has 2 fully saturated rings. The normalized spacial score (nSPS) is 20.6. The van der Waals surface area contributed by atoms with Crippen molar-refractivity contribution in [3.63, 3.8) is 0 Å². The standard InChI is InChI=1S/C27H31N5OS/c1-17-16-23(18(2)31(17)21-8-4-5-9-21)26-25(24-10-6-7-15-28-24)30-27(34)32(26)22-13-11-20(12-14-22)29-19(3)33/h6-7,10-16,21,25-26H,4-5,8-9H2,1-3H3,(H,29,33)(H,30,34)/t25-,26+/m1/s1. The lowest BCUT2D eigenvalue weighted by molar-refractivity contribution is -0.114. The summed E-state index contributed by atoms with van der Waals surface area (Å²) in [5, 5.41) is 7.08. The Hall–Kier alpha value is -3.19. The summed E-state index contributed by atoms with van der Waals surface area (Å²) in [6, 6.07) is 16.7. The predicted octanol–water partition coefficient (Wildman–Crippen LogP) is 5.75. The van der Waals surface area contributed by atoms with Crippen LogP contribution in [0.5, 0.6) is 0 Å². The van der Waals surface area contributed by atoms with Crippen molar-refractivity contribution < 1.29 is 4.79 Å². The predicted molar refractivity (Wildman–Crippen MR) is 140 cm³/mol. The Kier molecular flexibility index (Phi) is 6.13. The van der Waals surface area contributed by atoms with Crippen LogP contribution >= 0.6 is 12.2 Å². The molecule has 176 valence electrons. The number of hydrogen-bond donors (Lipinski definition) is 2. The van der Waals surface area contributed by atoms with Gasteiger partial charge in [-0.15, -0.1) is 0 Å². The van der Waals surface area contributed by atoms with E-state index in [2.05, 4.69) is 51.1 Å². The summed E-state index contributed by atoms with van der Waals surface area (Å²) < 4.78 is 2.54. The molecule has 34 heavy (non-hydrogen) atoms. The van der Waals surface area contributed by atoms with Crippen molar-refractivity contribution in [1.82, 2.24) is 14.9 Å². The van der Waals surface area contributed by atoms with Crippen molar-refractivity contribution in [2.45, 2.75) is 64.6 Å². The summed E-state index contributed by atoms with van der Waals surface area (Å²) in [5.41, 5.74) is 6.61. The maximum atomic E-state index is 11.5. The molecule has 6 nitrogen and oxygen atoms in total. The van der Waals surface area contributed by atoms with Gasteiger partial charge in [-0.25, -0.2) is 0 Å². The SMILES string of the molecule is CC(=O)Nc1ccc(N2C(=S)N[C@H](c3ccccn3)[C@@H]2c2cc(C)n(C3CCCC3)c2C)cc1. The van der Waals surface area contributed by atoms with Crippen LogP contribution in [0, 0.1) is 13.8 Å². The van der Waals surface area contributed by atoms with E-state index in [0.29, 0.717) is 11.2 Å². The van der Waals surface area contributed by atoms with Gasteiger partial charge in [0.2, 0.25) is 5.91 Å². The Morgan fingerprint density at radius 1 is 1.12 bits per heavy atom. The lowest BCUT2D eigenvalue weighted by Gasteiger charge is -2.28. The average molecular weight is 474 g/mol. The summed E-state index contributed by atoms with van der Waals surface area (Å²) in [4.78, 5) is 18.3. The van der Waals surface area contributed by atoms with E-state index in [0.717, 1.165) is 17.1 Å². The largest absolute Gasteiger partial charge is 0.351 e. The minimum atomic E-state index is -0.0847. The van der Waals surface area contributed by atoms with E-state index in [4.69, 9.17) is 12.2 Å². The molecule has 1 saturated heterocycles. The number of thiocarbonyl (C=S) groups is 1. The van der Waals surface area contributed by atoms with Crippen molar-refractivity contribution >= 4 is 34.6 Å². The number of rotatable bonds is 5. The number of nitrogens with one attached hydrogen (secondary N) is 2. The fourth-order valence-electron chi connectivity index (χ4n) is 5.68. The molecule has 1 saturated carbocycles. The Morgan fingerprint density at radius 3 is 2.50 bits per heavy atom. The van der Waals surface area contributed by atoms with Gasteiger partial charge in [-0.05, 0) is 86.9 Å². The van der Waals surface area contributed by atoms with Gasteiger partial charge in [0.25, 0.3) is 0 Å². The van der Waals surface area contributed by atoms with E-state index in [1.165, 1.54) is 49.6 Å². The van der Waals surface area contributed by atoms with Crippen molar-refractivity contribution in [1.29, 1.82) is 0 Å². The molecule has 1 aromatic carbocycles. The zero-order valence-electron chi connectivity index (χ0n) is 19.9. The Bertz CT molecular complexity index is 1200. The number of carbonyl (C=O) groups is 1. The van der Waals surface area contributed by atoms with Crippen LogP contribution < -0.4 is 15.5 Å². The quantitative estimate of drug-likeness (QED) is 0.462. The van der Waals surface area contributed by atoms with Gasteiger partial charge in [0.15, 0.2) is 5.11 Å². The molecule has 2 atom stereocenters. The zero-order valence-corrected chi connectivity index (χ0v) is 20.7. The third kappa shape index (κ3) is 4.09. The second-order valence-electron chi connectivity index (χ2n) is 9.36. The van der Waals surface area contributed by atoms with Crippen LogP contribution in [0.25, 0.3) is 0 Å². The topological polar surface area (TPSA) is 62.2 Å². The Labute approximate surface area is 206 Å². The molecule has 1 aliphatic heterocycles. The van der Waals surface area contributed by atoms with Crippen LogP contribution in [0.3, 0.4) is 0 Å². The highest BCUT2D eigenvalue weighted by atomic mass is 32.1. The second kappa shape index (κ2) is 9.22. The van der Waals surface area contributed by atoms with Gasteiger partial charge in [-0.3, -0.25) is 9.78 Å². The molecule has 7 heteroatoms. The first-order valence-electron chi connectivity index (χ1n) is 12.0. The number of anilines is 2. The monoisotopic (exact) mass is 473 g/mol. The summed E-state index contributed by atoms with van der Waals surface area (Å²) in [6.07, 6.45) is 6.93. The first-order valence-corrected chi connectivity index (χ1v) is 12.4. The maximum Gasteiger partial charge on any atom is 0.221 e. The second-order valence-corrected chi connectivity index (χ2v) is 9.75. The number of hydrogen-bond acceptors (Lipinski definition) is 3. The van der Waals surface area contributed by atoms with Gasteiger partial charge in [0.1, 0.15) is 0 Å². The van der Waals surface area contributed by atoms with Crippen LogP contribution in [0.1, 0.15) is 73.4 Å². The van der Waals surface area contributed by atoms with E-state index in [1.807, 2.05) is 42.6 Å². The molecule has 0 unspecified atom stereocenters. The minimum Gasteiger partial charge on any atom is -0.351 e. The van der Waals surface area contributed by atoms with Crippen LogP contribution in [0.15, 0.2) is 54.7 Å². The van der Waals surface area contributed by atoms with Crippen molar-refractivity contribution in [3.05, 3.63) is 77.4 Å². The zero-order chi connectivity index (χ0) is 23.8. The summed E-state index contributed by atoms with van der Waals surface area (Å²) >= 11 is 5.88. The van der Waals surface area contributed by atoms with Crippen LogP contribution in [0.2, 0.25) is 0 Å². The number of aryl methyl sites for hydroxylation is 1. The smallest absolute Gasteiger partial charge is 0.221 e. The number of aromatic nitrogens is 2. The van der Waals surface area contributed by atoms with Gasteiger partial charge < -0.3 is 20.1 Å². The van der Waals surface area contributed by atoms with Crippen molar-refractivity contribution in [3.8, 4) is 0 Å². The lowest BCUT2D eigenvalue weighted by atomic mass is 9.96. The van der Waals surface area contributed by atoms with Gasteiger partial charge in [-0.2, -0.15) is 0 Å². The van der Waals surface area contributed by atoms with Crippen LogP contribution in [0.4, 0.5) is 11.4 Å². The third-order valence-electron chi connectivity index (χ3n) is 7.10. The molecule has 1 aliphatic carbocycles. The molecular weight excluding hydrogens is 442 g/mol. The van der Waals surface area contributed by atoms with Gasteiger partial charge >= 0.3 is 0 Å². The Morgan fingerprint density at radius 2 is 1.85 bits per heavy atom. The van der Waals surface area contributed by atoms with E-state index < -0.39 is 0 Å². The molecule has 2 aliphatic rings. The van der Waals surface area contributed by atoms with Gasteiger partial charge in [-0.1, -0.05) is 18.9 Å². The highest BCUT2D eigenvalue weighted by molar-refractivity contribution is 7.80. The van der Waals surface area contributed by atoms with E-state index in [9.17, 15) is 4.79 Å². The van der Waals surface area contributed by atoms with Crippen LogP contribution in [-0.2, 0) is 4.79 Å². The molecule has 2 N–H and O–H groups in total. The molecule has 3 heterocycles. The van der Waals surface area contributed by atoms with Gasteiger partial charge in [0, 0.05) is 41.9 Å². The highest BCUT2D eigenvalue weighted by Gasteiger charge is 2.42. The van der Waals surface area contributed by atoms with E-state index >= 15 is 0 Å².